The van der Waals surface area contributed by atoms with E-state index in [1.807, 2.05) is 6.92 Å². The number of benzene rings is 1. The zero-order valence-corrected chi connectivity index (χ0v) is 9.11. The molecule has 86 valence electrons. The van der Waals surface area contributed by atoms with Crippen molar-refractivity contribution in [1.29, 1.82) is 0 Å². The molecule has 1 amide bonds. The molecule has 0 bridgehead atoms. The number of carboxylic acid groups (broad SMARTS) is 1. The first-order valence-corrected chi connectivity index (χ1v) is 4.72. The minimum atomic E-state index is -1.08. The van der Waals surface area contributed by atoms with Gasteiger partial charge >= 0.3 is 5.97 Å². The molecular formula is C11H13NO4. The van der Waals surface area contributed by atoms with Gasteiger partial charge in [0.15, 0.2) is 6.61 Å². The Labute approximate surface area is 93.0 Å². The van der Waals surface area contributed by atoms with Crippen LogP contribution in [-0.4, -0.2) is 30.6 Å². The van der Waals surface area contributed by atoms with Gasteiger partial charge in [-0.2, -0.15) is 0 Å². The molecule has 0 saturated heterocycles. The molecule has 1 rings (SSSR count). The van der Waals surface area contributed by atoms with Gasteiger partial charge < -0.3 is 15.2 Å². The highest BCUT2D eigenvalue weighted by Crippen LogP contribution is 2.20. The van der Waals surface area contributed by atoms with Crippen molar-refractivity contribution in [3.05, 3.63) is 29.3 Å². The monoisotopic (exact) mass is 223 g/mol. The SMILES string of the molecule is CNC(=O)COc1cc(C)ccc1C(=O)O. The van der Waals surface area contributed by atoms with Gasteiger partial charge in [0.2, 0.25) is 0 Å². The maximum Gasteiger partial charge on any atom is 0.339 e. The van der Waals surface area contributed by atoms with Gasteiger partial charge in [-0.3, -0.25) is 4.79 Å². The number of rotatable bonds is 4. The van der Waals surface area contributed by atoms with Crippen LogP contribution < -0.4 is 10.1 Å². The summed E-state index contributed by atoms with van der Waals surface area (Å²) in [6.45, 7) is 1.62. The van der Waals surface area contributed by atoms with Gasteiger partial charge in [-0.05, 0) is 24.6 Å². The third-order valence-electron chi connectivity index (χ3n) is 2.01. The number of aryl methyl sites for hydroxylation is 1. The number of nitrogens with one attached hydrogen (secondary N) is 1. The predicted octanol–water partition coefficient (Wildman–Crippen LogP) is 0.818. The van der Waals surface area contributed by atoms with Gasteiger partial charge in [0.25, 0.3) is 5.91 Å². The Balaban J connectivity index is 2.88. The molecule has 0 saturated carbocycles. The summed E-state index contributed by atoms with van der Waals surface area (Å²) < 4.78 is 5.14. The molecule has 5 heteroatoms. The average molecular weight is 223 g/mol. The third kappa shape index (κ3) is 2.98. The fourth-order valence-electron chi connectivity index (χ4n) is 1.14. The molecule has 0 aliphatic rings. The number of carbonyl (C=O) groups is 2. The second-order valence-corrected chi connectivity index (χ2v) is 3.27. The van der Waals surface area contributed by atoms with Crippen LogP contribution in [0.4, 0.5) is 0 Å². The minimum Gasteiger partial charge on any atom is -0.483 e. The lowest BCUT2D eigenvalue weighted by atomic mass is 10.1. The first-order chi connectivity index (χ1) is 7.54. The van der Waals surface area contributed by atoms with Crippen molar-refractivity contribution < 1.29 is 19.4 Å². The maximum atomic E-state index is 11.0. The second kappa shape index (κ2) is 5.16. The van der Waals surface area contributed by atoms with Gasteiger partial charge in [0, 0.05) is 7.05 Å². The van der Waals surface area contributed by atoms with E-state index in [9.17, 15) is 9.59 Å². The average Bonchev–Trinajstić information content (AvgIpc) is 2.25. The standard InChI is InChI=1S/C11H13NO4/c1-7-3-4-8(11(14)15)9(5-7)16-6-10(13)12-2/h3-5H,6H2,1-2H3,(H,12,13)(H,14,15). The van der Waals surface area contributed by atoms with Crippen LogP contribution in [0.15, 0.2) is 18.2 Å². The number of carboxylic acids is 1. The summed E-state index contributed by atoms with van der Waals surface area (Å²) in [6.07, 6.45) is 0. The highest BCUT2D eigenvalue weighted by Gasteiger charge is 2.12. The van der Waals surface area contributed by atoms with E-state index in [0.29, 0.717) is 0 Å². The fraction of sp³-hybridized carbons (Fsp3) is 0.273. The molecule has 0 aliphatic heterocycles. The maximum absolute atomic E-state index is 11.0. The molecule has 0 aliphatic carbocycles. The van der Waals surface area contributed by atoms with E-state index >= 15 is 0 Å². The Morgan fingerprint density at radius 1 is 1.44 bits per heavy atom. The highest BCUT2D eigenvalue weighted by molar-refractivity contribution is 5.91. The summed E-state index contributed by atoms with van der Waals surface area (Å²) >= 11 is 0. The quantitative estimate of drug-likeness (QED) is 0.792. The zero-order chi connectivity index (χ0) is 12.1. The first-order valence-electron chi connectivity index (χ1n) is 4.72. The molecule has 0 aromatic heterocycles. The van der Waals surface area contributed by atoms with Gasteiger partial charge in [0.05, 0.1) is 0 Å². The van der Waals surface area contributed by atoms with Crippen LogP contribution in [0.3, 0.4) is 0 Å². The smallest absolute Gasteiger partial charge is 0.339 e. The molecule has 1 aromatic rings. The highest BCUT2D eigenvalue weighted by atomic mass is 16.5. The summed E-state index contributed by atoms with van der Waals surface area (Å²) in [5.41, 5.74) is 0.923. The Kier molecular flexibility index (Phi) is 3.88. The normalized spacial score (nSPS) is 9.62. The Morgan fingerprint density at radius 2 is 2.12 bits per heavy atom. The van der Waals surface area contributed by atoms with E-state index in [2.05, 4.69) is 5.32 Å². The number of hydrogen-bond acceptors (Lipinski definition) is 3. The predicted molar refractivity (Wildman–Crippen MR) is 57.7 cm³/mol. The van der Waals surface area contributed by atoms with Gasteiger partial charge in [-0.1, -0.05) is 6.07 Å². The number of hydrogen-bond donors (Lipinski definition) is 2. The van der Waals surface area contributed by atoms with Crippen molar-refractivity contribution in [3.63, 3.8) is 0 Å². The largest absolute Gasteiger partial charge is 0.483 e. The molecule has 0 heterocycles. The van der Waals surface area contributed by atoms with Gasteiger partial charge in [0.1, 0.15) is 11.3 Å². The van der Waals surface area contributed by atoms with Crippen molar-refractivity contribution in [2.24, 2.45) is 0 Å². The Morgan fingerprint density at radius 3 is 2.69 bits per heavy atom. The molecule has 2 N–H and O–H groups in total. The fourth-order valence-corrected chi connectivity index (χ4v) is 1.14. The molecule has 1 aromatic carbocycles. The second-order valence-electron chi connectivity index (χ2n) is 3.27. The zero-order valence-electron chi connectivity index (χ0n) is 9.11. The van der Waals surface area contributed by atoms with Crippen molar-refractivity contribution in [2.45, 2.75) is 6.92 Å². The lowest BCUT2D eigenvalue weighted by molar-refractivity contribution is -0.122. The number of carbonyl (C=O) groups excluding carboxylic acids is 1. The van der Waals surface area contributed by atoms with Gasteiger partial charge in [-0.15, -0.1) is 0 Å². The number of likely N-dealkylation sites (N-methyl/N-ethyl adjacent to an activating group) is 1. The van der Waals surface area contributed by atoms with E-state index in [-0.39, 0.29) is 23.8 Å². The molecule has 0 fully saturated rings. The minimum absolute atomic E-state index is 0.0505. The molecule has 0 atom stereocenters. The van der Waals surface area contributed by atoms with E-state index in [1.165, 1.54) is 13.1 Å². The van der Waals surface area contributed by atoms with E-state index < -0.39 is 5.97 Å². The molecule has 0 unspecified atom stereocenters. The summed E-state index contributed by atoms with van der Waals surface area (Å²) in [4.78, 5) is 21.8. The lowest BCUT2D eigenvalue weighted by Gasteiger charge is -2.08. The van der Waals surface area contributed by atoms with Crippen molar-refractivity contribution in [3.8, 4) is 5.75 Å². The summed E-state index contributed by atoms with van der Waals surface area (Å²) in [6, 6.07) is 4.72. The van der Waals surface area contributed by atoms with E-state index in [4.69, 9.17) is 9.84 Å². The topological polar surface area (TPSA) is 75.6 Å². The van der Waals surface area contributed by atoms with Crippen LogP contribution in [0, 0.1) is 6.92 Å². The molecule has 0 spiro atoms. The van der Waals surface area contributed by atoms with Crippen molar-refractivity contribution in [2.75, 3.05) is 13.7 Å². The summed E-state index contributed by atoms with van der Waals surface area (Å²) in [5, 5.41) is 11.3. The Hall–Kier alpha value is -2.04. The number of amides is 1. The molecule has 0 radical (unpaired) electrons. The third-order valence-corrected chi connectivity index (χ3v) is 2.01. The van der Waals surface area contributed by atoms with Crippen LogP contribution in [-0.2, 0) is 4.79 Å². The van der Waals surface area contributed by atoms with Crippen LogP contribution in [0.25, 0.3) is 0 Å². The van der Waals surface area contributed by atoms with Crippen molar-refractivity contribution in [1.82, 2.24) is 5.32 Å². The summed E-state index contributed by atoms with van der Waals surface area (Å²) in [7, 11) is 1.49. The van der Waals surface area contributed by atoms with Crippen LogP contribution in [0.5, 0.6) is 5.75 Å². The van der Waals surface area contributed by atoms with Crippen LogP contribution >= 0.6 is 0 Å². The van der Waals surface area contributed by atoms with E-state index in [1.54, 1.807) is 12.1 Å². The van der Waals surface area contributed by atoms with Gasteiger partial charge in [-0.25, -0.2) is 4.79 Å². The molecule has 5 nitrogen and oxygen atoms in total. The molecular weight excluding hydrogens is 210 g/mol. The number of aromatic carboxylic acids is 1. The Bertz CT molecular complexity index is 414. The lowest BCUT2D eigenvalue weighted by Crippen LogP contribution is -2.25. The molecule has 16 heavy (non-hydrogen) atoms. The van der Waals surface area contributed by atoms with Crippen LogP contribution in [0.1, 0.15) is 15.9 Å². The summed E-state index contributed by atoms with van der Waals surface area (Å²) in [5.74, 6) is -1.18. The van der Waals surface area contributed by atoms with Crippen molar-refractivity contribution >= 4 is 11.9 Å². The number of ether oxygens (including phenoxy) is 1. The first kappa shape index (κ1) is 12.0. The van der Waals surface area contributed by atoms with E-state index in [0.717, 1.165) is 5.56 Å². The van der Waals surface area contributed by atoms with Crippen LogP contribution in [0.2, 0.25) is 0 Å².